The third-order valence-electron chi connectivity index (χ3n) is 3.37. The van der Waals surface area contributed by atoms with Crippen molar-refractivity contribution in [3.05, 3.63) is 53.6 Å². The summed E-state index contributed by atoms with van der Waals surface area (Å²) in [4.78, 5) is 25.9. The van der Waals surface area contributed by atoms with E-state index in [1.165, 1.54) is 4.90 Å². The van der Waals surface area contributed by atoms with Crippen molar-refractivity contribution < 1.29 is 19.1 Å². The van der Waals surface area contributed by atoms with Crippen molar-refractivity contribution >= 4 is 35.0 Å². The van der Waals surface area contributed by atoms with Gasteiger partial charge in [0.1, 0.15) is 12.3 Å². The smallest absolute Gasteiger partial charge is 0.326 e. The first-order valence-corrected chi connectivity index (χ1v) is 8.63. The summed E-state index contributed by atoms with van der Waals surface area (Å²) in [6, 6.07) is 13.2. The van der Waals surface area contributed by atoms with Gasteiger partial charge in [-0.25, -0.2) is 4.79 Å². The summed E-state index contributed by atoms with van der Waals surface area (Å²) in [6.07, 6.45) is 0. The zero-order valence-corrected chi connectivity index (χ0v) is 15.5. The monoisotopic (exact) mass is 376 g/mol. The molecule has 7 heteroatoms. The second kappa shape index (κ2) is 9.68. The van der Waals surface area contributed by atoms with Crippen molar-refractivity contribution in [1.82, 2.24) is 0 Å². The number of hydrogen-bond acceptors (Lipinski definition) is 4. The lowest BCUT2D eigenvalue weighted by Crippen LogP contribution is -2.39. The molecule has 6 nitrogen and oxygen atoms in total. The largest absolute Gasteiger partial charge is 0.494 e. The normalized spacial score (nSPS) is 10.1. The van der Waals surface area contributed by atoms with Crippen LogP contribution in [0.4, 0.5) is 16.2 Å². The van der Waals surface area contributed by atoms with E-state index < -0.39 is 12.0 Å². The van der Waals surface area contributed by atoms with Crippen LogP contribution in [0.25, 0.3) is 0 Å². The Balaban J connectivity index is 2.21. The Hall–Kier alpha value is -2.73. The molecule has 0 saturated heterocycles. The minimum atomic E-state index is -0.498. The first-order valence-electron chi connectivity index (χ1n) is 8.26. The van der Waals surface area contributed by atoms with Gasteiger partial charge in [-0.2, -0.15) is 0 Å². The molecule has 0 bridgehead atoms. The van der Waals surface area contributed by atoms with E-state index in [9.17, 15) is 9.59 Å². The lowest BCUT2D eigenvalue weighted by molar-refractivity contribution is -0.141. The van der Waals surface area contributed by atoms with E-state index in [4.69, 9.17) is 21.1 Å². The Kier molecular flexibility index (Phi) is 7.29. The van der Waals surface area contributed by atoms with Gasteiger partial charge in [0.2, 0.25) is 0 Å². The Morgan fingerprint density at radius 2 is 1.81 bits per heavy atom. The summed E-state index contributed by atoms with van der Waals surface area (Å²) in [7, 11) is 0. The Morgan fingerprint density at radius 3 is 2.42 bits per heavy atom. The third kappa shape index (κ3) is 5.67. The van der Waals surface area contributed by atoms with E-state index in [1.54, 1.807) is 55.5 Å². The molecule has 0 fully saturated rings. The Bertz CT molecular complexity index is 749. The maximum absolute atomic E-state index is 12.7. The summed E-state index contributed by atoms with van der Waals surface area (Å²) in [6.45, 7) is 4.17. The molecule has 2 aromatic carbocycles. The van der Waals surface area contributed by atoms with Crippen LogP contribution in [0.3, 0.4) is 0 Å². The van der Waals surface area contributed by atoms with Crippen LogP contribution in [0.1, 0.15) is 13.8 Å². The molecule has 0 aromatic heterocycles. The van der Waals surface area contributed by atoms with Crippen molar-refractivity contribution in [2.75, 3.05) is 30.0 Å². The first kappa shape index (κ1) is 19.6. The molecule has 0 spiro atoms. The molecular weight excluding hydrogens is 356 g/mol. The molecule has 2 rings (SSSR count). The first-order chi connectivity index (χ1) is 12.5. The average molecular weight is 377 g/mol. The standard InChI is InChI=1S/C19H21ClN2O4/c1-3-25-17-10-8-16(9-11-17)22(13-18(23)26-4-2)19(24)21-15-7-5-6-14(20)12-15/h5-12H,3-4,13H2,1-2H3,(H,21,24). The van der Waals surface area contributed by atoms with Crippen LogP contribution in [0.15, 0.2) is 48.5 Å². The number of halogens is 1. The Labute approximate surface area is 157 Å². The number of amides is 2. The number of ether oxygens (including phenoxy) is 2. The van der Waals surface area contributed by atoms with Crippen molar-refractivity contribution in [3.8, 4) is 5.75 Å². The third-order valence-corrected chi connectivity index (χ3v) is 3.61. The molecule has 1 N–H and O–H groups in total. The van der Waals surface area contributed by atoms with Crippen LogP contribution < -0.4 is 15.0 Å². The number of benzene rings is 2. The lowest BCUT2D eigenvalue weighted by atomic mass is 10.2. The maximum atomic E-state index is 12.7. The SMILES string of the molecule is CCOC(=O)CN(C(=O)Nc1cccc(Cl)c1)c1ccc(OCC)cc1. The Morgan fingerprint density at radius 1 is 1.08 bits per heavy atom. The molecule has 0 radical (unpaired) electrons. The van der Waals surface area contributed by atoms with Crippen LogP contribution in [-0.4, -0.2) is 31.8 Å². The van der Waals surface area contributed by atoms with Crippen molar-refractivity contribution in [1.29, 1.82) is 0 Å². The van der Waals surface area contributed by atoms with E-state index in [0.717, 1.165) is 0 Å². The summed E-state index contributed by atoms with van der Waals surface area (Å²) in [5.74, 6) is 0.185. The molecule has 0 heterocycles. The molecule has 26 heavy (non-hydrogen) atoms. The van der Waals surface area contributed by atoms with Crippen LogP contribution in [0, 0.1) is 0 Å². The molecule has 2 amide bonds. The van der Waals surface area contributed by atoms with E-state index in [2.05, 4.69) is 5.32 Å². The van der Waals surface area contributed by atoms with Crippen LogP contribution in [-0.2, 0) is 9.53 Å². The minimum Gasteiger partial charge on any atom is -0.494 e. The van der Waals surface area contributed by atoms with Crippen LogP contribution in [0.5, 0.6) is 5.75 Å². The van der Waals surface area contributed by atoms with Crippen molar-refractivity contribution in [2.45, 2.75) is 13.8 Å². The second-order valence-electron chi connectivity index (χ2n) is 5.26. The highest BCUT2D eigenvalue weighted by atomic mass is 35.5. The number of rotatable bonds is 7. The maximum Gasteiger partial charge on any atom is 0.326 e. The van der Waals surface area contributed by atoms with Gasteiger partial charge < -0.3 is 14.8 Å². The molecular formula is C19H21ClN2O4. The van der Waals surface area contributed by atoms with E-state index in [1.807, 2.05) is 6.92 Å². The molecule has 0 aliphatic carbocycles. The van der Waals surface area contributed by atoms with Gasteiger partial charge in [0.15, 0.2) is 0 Å². The molecule has 0 aliphatic heterocycles. The predicted octanol–water partition coefficient (Wildman–Crippen LogP) is 4.34. The van der Waals surface area contributed by atoms with Gasteiger partial charge in [0, 0.05) is 16.4 Å². The number of anilines is 2. The fraction of sp³-hybridized carbons (Fsp3) is 0.263. The quantitative estimate of drug-likeness (QED) is 0.730. The van der Waals surface area contributed by atoms with Gasteiger partial charge in [-0.05, 0) is 56.3 Å². The second-order valence-corrected chi connectivity index (χ2v) is 5.70. The number of carbonyl (C=O) groups excluding carboxylic acids is 2. The summed E-state index contributed by atoms with van der Waals surface area (Å²) < 4.78 is 10.4. The molecule has 138 valence electrons. The van der Waals surface area contributed by atoms with Gasteiger partial charge in [0.05, 0.1) is 13.2 Å². The van der Waals surface area contributed by atoms with Gasteiger partial charge >= 0.3 is 12.0 Å². The molecule has 0 aliphatic rings. The topological polar surface area (TPSA) is 67.9 Å². The molecule has 2 aromatic rings. The van der Waals surface area contributed by atoms with E-state index in [-0.39, 0.29) is 13.2 Å². The fourth-order valence-electron chi connectivity index (χ4n) is 2.26. The number of nitrogens with one attached hydrogen (secondary N) is 1. The number of hydrogen-bond donors (Lipinski definition) is 1. The van der Waals surface area contributed by atoms with Crippen molar-refractivity contribution in [3.63, 3.8) is 0 Å². The highest BCUT2D eigenvalue weighted by Gasteiger charge is 2.20. The van der Waals surface area contributed by atoms with Crippen molar-refractivity contribution in [2.24, 2.45) is 0 Å². The molecule has 0 saturated carbocycles. The minimum absolute atomic E-state index is 0.214. The number of urea groups is 1. The van der Waals surface area contributed by atoms with Gasteiger partial charge in [-0.1, -0.05) is 17.7 Å². The molecule has 0 unspecified atom stereocenters. The van der Waals surface area contributed by atoms with Crippen LogP contribution in [0.2, 0.25) is 5.02 Å². The zero-order chi connectivity index (χ0) is 18.9. The van der Waals surface area contributed by atoms with E-state index in [0.29, 0.717) is 28.8 Å². The number of nitrogens with zero attached hydrogens (tertiary/aromatic N) is 1. The summed E-state index contributed by atoms with van der Waals surface area (Å²) >= 11 is 5.94. The average Bonchev–Trinajstić information content (AvgIpc) is 2.61. The molecule has 0 atom stereocenters. The van der Waals surface area contributed by atoms with Gasteiger partial charge in [0.25, 0.3) is 0 Å². The fourth-order valence-corrected chi connectivity index (χ4v) is 2.45. The zero-order valence-electron chi connectivity index (χ0n) is 14.7. The lowest BCUT2D eigenvalue weighted by Gasteiger charge is -2.22. The van der Waals surface area contributed by atoms with Gasteiger partial charge in [-0.3, -0.25) is 9.69 Å². The number of esters is 1. The highest BCUT2D eigenvalue weighted by molar-refractivity contribution is 6.30. The summed E-state index contributed by atoms with van der Waals surface area (Å²) in [5.41, 5.74) is 1.07. The predicted molar refractivity (Wildman–Crippen MR) is 102 cm³/mol. The van der Waals surface area contributed by atoms with E-state index >= 15 is 0 Å². The van der Waals surface area contributed by atoms with Gasteiger partial charge in [-0.15, -0.1) is 0 Å². The summed E-state index contributed by atoms with van der Waals surface area (Å²) in [5, 5.41) is 3.23. The van der Waals surface area contributed by atoms with Crippen LogP contribution >= 0.6 is 11.6 Å². The number of carbonyl (C=O) groups is 2. The highest BCUT2D eigenvalue weighted by Crippen LogP contribution is 2.21.